The monoisotopic (exact) mass is 423 g/mol. The third-order valence-electron chi connectivity index (χ3n) is 3.87. The van der Waals surface area contributed by atoms with Gasteiger partial charge in [0.1, 0.15) is 42.1 Å². The zero-order valence-corrected chi connectivity index (χ0v) is 16.8. The summed E-state index contributed by atoms with van der Waals surface area (Å²) in [6, 6.07) is 17.7. The Morgan fingerprint density at radius 3 is 2.60 bits per heavy atom. The molecule has 3 aromatic rings. The highest BCUT2D eigenvalue weighted by molar-refractivity contribution is 6.32. The van der Waals surface area contributed by atoms with E-state index in [1.807, 2.05) is 18.2 Å². The number of amides is 1. The fourth-order valence-corrected chi connectivity index (χ4v) is 2.65. The fraction of sp³-hybridized carbons (Fsp3) is 0.136. The minimum atomic E-state index is -0.567. The first-order valence-electron chi connectivity index (χ1n) is 9.02. The van der Waals surface area contributed by atoms with Crippen molar-refractivity contribution in [2.45, 2.75) is 6.92 Å². The van der Waals surface area contributed by atoms with E-state index in [-0.39, 0.29) is 11.4 Å². The van der Waals surface area contributed by atoms with Crippen molar-refractivity contribution >= 4 is 29.4 Å². The quantitative estimate of drug-likeness (QED) is 0.322. The number of hydrogen-bond acceptors (Lipinski definition) is 6. The molecule has 1 amide bonds. The lowest BCUT2D eigenvalue weighted by Gasteiger charge is -2.09. The highest BCUT2D eigenvalue weighted by Crippen LogP contribution is 2.23. The maximum absolute atomic E-state index is 12.2. The molecule has 1 N–H and O–H groups in total. The van der Waals surface area contributed by atoms with E-state index in [2.05, 4.69) is 10.5 Å². The van der Waals surface area contributed by atoms with Crippen molar-refractivity contribution in [1.82, 2.24) is 5.16 Å². The Labute approximate surface area is 178 Å². The minimum absolute atomic E-state index is 0.0579. The molecule has 2 aromatic carbocycles. The van der Waals surface area contributed by atoms with E-state index in [0.717, 1.165) is 0 Å². The number of nitrogens with zero attached hydrogens (tertiary/aromatic N) is 2. The van der Waals surface area contributed by atoms with Gasteiger partial charge in [-0.1, -0.05) is 41.0 Å². The highest BCUT2D eigenvalue weighted by atomic mass is 35.5. The number of carbonyl (C=O) groups is 1. The number of nitrogens with one attached hydrogen (secondary N) is 1. The van der Waals surface area contributed by atoms with Gasteiger partial charge in [0, 0.05) is 6.07 Å². The van der Waals surface area contributed by atoms with Crippen LogP contribution in [0, 0.1) is 18.3 Å². The van der Waals surface area contributed by atoms with E-state index < -0.39 is 5.91 Å². The van der Waals surface area contributed by atoms with Crippen LogP contribution in [0.2, 0.25) is 5.02 Å². The van der Waals surface area contributed by atoms with Crippen LogP contribution < -0.4 is 14.8 Å². The topological polar surface area (TPSA) is 97.4 Å². The fourth-order valence-electron chi connectivity index (χ4n) is 2.46. The van der Waals surface area contributed by atoms with Crippen LogP contribution >= 0.6 is 11.6 Å². The van der Waals surface area contributed by atoms with Crippen molar-refractivity contribution in [3.63, 3.8) is 0 Å². The Morgan fingerprint density at radius 2 is 1.93 bits per heavy atom. The van der Waals surface area contributed by atoms with Crippen LogP contribution in [-0.4, -0.2) is 24.3 Å². The van der Waals surface area contributed by atoms with Crippen LogP contribution in [0.25, 0.3) is 6.08 Å². The second-order valence-corrected chi connectivity index (χ2v) is 6.55. The molecule has 0 saturated carbocycles. The van der Waals surface area contributed by atoms with Crippen molar-refractivity contribution in [1.29, 1.82) is 5.26 Å². The molecule has 1 heterocycles. The number of ether oxygens (including phenoxy) is 2. The first-order valence-corrected chi connectivity index (χ1v) is 9.39. The summed E-state index contributed by atoms with van der Waals surface area (Å²) >= 11 is 6.03. The van der Waals surface area contributed by atoms with Gasteiger partial charge in [-0.25, -0.2) is 0 Å². The minimum Gasteiger partial charge on any atom is -0.490 e. The van der Waals surface area contributed by atoms with Crippen LogP contribution in [-0.2, 0) is 4.79 Å². The molecular weight excluding hydrogens is 406 g/mol. The molecule has 7 nitrogen and oxygen atoms in total. The molecule has 152 valence electrons. The summed E-state index contributed by atoms with van der Waals surface area (Å²) < 4.78 is 16.1. The van der Waals surface area contributed by atoms with E-state index in [4.69, 9.17) is 25.6 Å². The summed E-state index contributed by atoms with van der Waals surface area (Å²) in [5.41, 5.74) is 0.621. The average molecular weight is 424 g/mol. The normalized spacial score (nSPS) is 10.9. The number of para-hydroxylation sites is 1. The van der Waals surface area contributed by atoms with Gasteiger partial charge in [-0.3, -0.25) is 4.79 Å². The summed E-state index contributed by atoms with van der Waals surface area (Å²) in [6.07, 6.45) is 1.48. The van der Waals surface area contributed by atoms with E-state index in [1.54, 1.807) is 49.4 Å². The van der Waals surface area contributed by atoms with Crippen molar-refractivity contribution in [2.75, 3.05) is 18.5 Å². The molecule has 0 spiro atoms. The molecule has 8 heteroatoms. The molecule has 30 heavy (non-hydrogen) atoms. The summed E-state index contributed by atoms with van der Waals surface area (Å²) in [5, 5.41) is 16.0. The van der Waals surface area contributed by atoms with Crippen molar-refractivity contribution in [3.8, 4) is 17.6 Å². The maximum atomic E-state index is 12.2. The number of benzene rings is 2. The third kappa shape index (κ3) is 5.87. The Hall–Kier alpha value is -3.76. The largest absolute Gasteiger partial charge is 0.490 e. The van der Waals surface area contributed by atoms with Gasteiger partial charge >= 0.3 is 0 Å². The molecule has 0 bridgehead atoms. The van der Waals surface area contributed by atoms with Crippen LogP contribution in [0.3, 0.4) is 0 Å². The summed E-state index contributed by atoms with van der Waals surface area (Å²) in [5.74, 6) is 1.48. The SMILES string of the molecule is Cc1cc(NC(=O)/C(C#N)=C\c2ccc(OCCOc3ccccc3Cl)cc2)no1. The predicted octanol–water partition coefficient (Wildman–Crippen LogP) is 4.64. The number of hydrogen-bond donors (Lipinski definition) is 1. The second kappa shape index (κ2) is 10.1. The number of rotatable bonds is 8. The van der Waals surface area contributed by atoms with E-state index in [0.29, 0.717) is 41.1 Å². The average Bonchev–Trinajstić information content (AvgIpc) is 3.16. The number of nitriles is 1. The maximum Gasteiger partial charge on any atom is 0.267 e. The molecule has 0 aliphatic rings. The number of anilines is 1. The van der Waals surface area contributed by atoms with Crippen LogP contribution in [0.1, 0.15) is 11.3 Å². The first kappa shape index (κ1) is 21.0. The van der Waals surface area contributed by atoms with Gasteiger partial charge in [0.25, 0.3) is 5.91 Å². The molecule has 0 atom stereocenters. The second-order valence-electron chi connectivity index (χ2n) is 6.14. The van der Waals surface area contributed by atoms with Gasteiger partial charge in [-0.2, -0.15) is 5.26 Å². The molecular formula is C22H18ClN3O4. The molecule has 0 aliphatic carbocycles. The number of halogens is 1. The Kier molecular flexibility index (Phi) is 7.09. The smallest absolute Gasteiger partial charge is 0.267 e. The Balaban J connectivity index is 1.53. The van der Waals surface area contributed by atoms with E-state index in [1.165, 1.54) is 6.08 Å². The lowest BCUT2D eigenvalue weighted by Crippen LogP contribution is -2.13. The molecule has 0 radical (unpaired) electrons. The number of aromatic nitrogens is 1. The summed E-state index contributed by atoms with van der Waals surface area (Å²) in [6.45, 7) is 2.38. The summed E-state index contributed by atoms with van der Waals surface area (Å²) in [4.78, 5) is 12.2. The molecule has 1 aromatic heterocycles. The van der Waals surface area contributed by atoms with E-state index >= 15 is 0 Å². The Bertz CT molecular complexity index is 1080. The van der Waals surface area contributed by atoms with Gasteiger partial charge in [-0.15, -0.1) is 0 Å². The highest BCUT2D eigenvalue weighted by Gasteiger charge is 2.12. The lowest BCUT2D eigenvalue weighted by molar-refractivity contribution is -0.112. The Morgan fingerprint density at radius 1 is 1.20 bits per heavy atom. The van der Waals surface area contributed by atoms with Gasteiger partial charge in [0.05, 0.1) is 5.02 Å². The first-order chi connectivity index (χ1) is 14.5. The van der Waals surface area contributed by atoms with Crippen LogP contribution in [0.4, 0.5) is 5.82 Å². The van der Waals surface area contributed by atoms with Crippen LogP contribution in [0.5, 0.6) is 11.5 Å². The molecule has 0 unspecified atom stereocenters. The molecule has 0 saturated heterocycles. The lowest BCUT2D eigenvalue weighted by atomic mass is 10.1. The molecule has 0 aliphatic heterocycles. The van der Waals surface area contributed by atoms with Crippen LogP contribution in [0.15, 0.2) is 64.7 Å². The predicted molar refractivity (Wildman–Crippen MR) is 112 cm³/mol. The van der Waals surface area contributed by atoms with Gasteiger partial charge in [0.2, 0.25) is 0 Å². The molecule has 3 rings (SSSR count). The van der Waals surface area contributed by atoms with Gasteiger partial charge in [0.15, 0.2) is 5.82 Å². The number of carbonyl (C=O) groups excluding carboxylic acids is 1. The third-order valence-corrected chi connectivity index (χ3v) is 4.18. The number of aryl methyl sites for hydroxylation is 1. The zero-order chi connectivity index (χ0) is 21.3. The molecule has 0 fully saturated rings. The van der Waals surface area contributed by atoms with Gasteiger partial charge < -0.3 is 19.3 Å². The zero-order valence-electron chi connectivity index (χ0n) is 16.1. The van der Waals surface area contributed by atoms with Gasteiger partial charge in [-0.05, 0) is 42.8 Å². The van der Waals surface area contributed by atoms with E-state index in [9.17, 15) is 10.1 Å². The standard InChI is InChI=1S/C22H18ClN3O4/c1-15-12-21(26-30-15)25-22(27)17(14-24)13-16-6-8-18(9-7-16)28-10-11-29-20-5-3-2-4-19(20)23/h2-9,12-13H,10-11H2,1H3,(H,25,26,27)/b17-13-. The van der Waals surface area contributed by atoms with Crippen molar-refractivity contribution in [3.05, 3.63) is 76.5 Å². The van der Waals surface area contributed by atoms with Crippen molar-refractivity contribution < 1.29 is 18.8 Å². The van der Waals surface area contributed by atoms with Crippen molar-refractivity contribution in [2.24, 2.45) is 0 Å². The summed E-state index contributed by atoms with van der Waals surface area (Å²) in [7, 11) is 0.